The Morgan fingerprint density at radius 1 is 1.04 bits per heavy atom. The molecule has 1 aromatic heterocycles. The zero-order valence-electron chi connectivity index (χ0n) is 15.4. The second-order valence-electron chi connectivity index (χ2n) is 6.54. The molecule has 0 bridgehead atoms. The number of amides is 1. The third kappa shape index (κ3) is 4.52. The number of rotatable bonds is 4. The van der Waals surface area contributed by atoms with Crippen molar-refractivity contribution < 1.29 is 4.79 Å². The van der Waals surface area contributed by atoms with E-state index < -0.39 is 0 Å². The first-order valence-electron chi connectivity index (χ1n) is 8.55. The van der Waals surface area contributed by atoms with E-state index >= 15 is 0 Å². The van der Waals surface area contributed by atoms with Gasteiger partial charge >= 0.3 is 0 Å². The summed E-state index contributed by atoms with van der Waals surface area (Å²) >= 11 is 3.43. The molecule has 0 aliphatic heterocycles. The molecule has 0 saturated carbocycles. The van der Waals surface area contributed by atoms with E-state index in [1.165, 1.54) is 16.3 Å². The fourth-order valence-corrected chi connectivity index (χ4v) is 3.26. The first-order valence-corrected chi connectivity index (χ1v) is 9.34. The number of nitrogens with one attached hydrogen (secondary N) is 1. The predicted octanol–water partition coefficient (Wildman–Crippen LogP) is 4.24. The second kappa shape index (κ2) is 7.88. The van der Waals surface area contributed by atoms with E-state index in [2.05, 4.69) is 26.3 Å². The maximum absolute atomic E-state index is 12.4. The first-order chi connectivity index (χ1) is 12.8. The summed E-state index contributed by atoms with van der Waals surface area (Å²) in [5.41, 5.74) is 5.32. The molecule has 0 unspecified atom stereocenters. The van der Waals surface area contributed by atoms with Gasteiger partial charge in [0.15, 0.2) is 0 Å². The van der Waals surface area contributed by atoms with Crippen molar-refractivity contribution in [3.63, 3.8) is 0 Å². The van der Waals surface area contributed by atoms with E-state index in [0.29, 0.717) is 11.4 Å². The molecule has 2 aromatic carbocycles. The third-order valence-corrected chi connectivity index (χ3v) is 5.02. The third-order valence-electron chi connectivity index (χ3n) is 4.36. The van der Waals surface area contributed by atoms with Gasteiger partial charge in [-0.1, -0.05) is 18.2 Å². The second-order valence-corrected chi connectivity index (χ2v) is 7.40. The molecule has 5 nitrogen and oxygen atoms in total. The number of aryl methyl sites for hydroxylation is 3. The van der Waals surface area contributed by atoms with Crippen LogP contribution in [0.2, 0.25) is 0 Å². The van der Waals surface area contributed by atoms with Crippen LogP contribution in [0.1, 0.15) is 16.7 Å². The number of aromatic nitrogens is 2. The molecular weight excluding hydrogens is 406 g/mol. The predicted molar refractivity (Wildman–Crippen MR) is 111 cm³/mol. The Kier molecular flexibility index (Phi) is 5.56. The Morgan fingerprint density at radius 3 is 2.52 bits per heavy atom. The van der Waals surface area contributed by atoms with E-state index in [9.17, 15) is 9.59 Å². The van der Waals surface area contributed by atoms with Crippen LogP contribution in [0.3, 0.4) is 0 Å². The van der Waals surface area contributed by atoms with Gasteiger partial charge in [0.05, 0.1) is 11.4 Å². The van der Waals surface area contributed by atoms with E-state index in [1.807, 2.05) is 57.2 Å². The van der Waals surface area contributed by atoms with Gasteiger partial charge < -0.3 is 5.32 Å². The Morgan fingerprint density at radius 2 is 1.81 bits per heavy atom. The fourth-order valence-electron chi connectivity index (χ4n) is 2.66. The molecule has 3 rings (SSSR count). The number of hydrogen-bond acceptors (Lipinski definition) is 3. The number of nitrogens with zero attached hydrogens (tertiary/aromatic N) is 2. The Balaban J connectivity index is 1.83. The minimum Gasteiger partial charge on any atom is -0.323 e. The minimum atomic E-state index is -0.319. The summed E-state index contributed by atoms with van der Waals surface area (Å²) in [5, 5.41) is 7.17. The van der Waals surface area contributed by atoms with E-state index in [1.54, 1.807) is 6.07 Å². The van der Waals surface area contributed by atoms with Gasteiger partial charge in [0.25, 0.3) is 5.56 Å². The Bertz CT molecular complexity index is 1070. The Labute approximate surface area is 166 Å². The summed E-state index contributed by atoms with van der Waals surface area (Å²) < 4.78 is 1.97. The van der Waals surface area contributed by atoms with Crippen LogP contribution in [0.25, 0.3) is 11.3 Å². The van der Waals surface area contributed by atoms with Gasteiger partial charge in [0, 0.05) is 16.1 Å². The van der Waals surface area contributed by atoms with Crippen molar-refractivity contribution in [1.29, 1.82) is 0 Å². The first kappa shape index (κ1) is 19.0. The van der Waals surface area contributed by atoms with Crippen LogP contribution in [-0.2, 0) is 11.3 Å². The van der Waals surface area contributed by atoms with Crippen molar-refractivity contribution in [2.45, 2.75) is 27.3 Å². The molecular formula is C21H20BrN3O2. The molecule has 1 amide bonds. The van der Waals surface area contributed by atoms with Crippen molar-refractivity contribution in [1.82, 2.24) is 9.78 Å². The molecule has 138 valence electrons. The van der Waals surface area contributed by atoms with Crippen LogP contribution in [-0.4, -0.2) is 15.7 Å². The molecule has 0 aliphatic carbocycles. The smallest absolute Gasteiger partial charge is 0.267 e. The average Bonchev–Trinajstić information content (AvgIpc) is 2.62. The number of benzene rings is 2. The van der Waals surface area contributed by atoms with Crippen molar-refractivity contribution >= 4 is 27.5 Å². The fraction of sp³-hybridized carbons (Fsp3) is 0.190. The highest BCUT2D eigenvalue weighted by atomic mass is 79.9. The van der Waals surface area contributed by atoms with Gasteiger partial charge in [-0.15, -0.1) is 0 Å². The summed E-state index contributed by atoms with van der Waals surface area (Å²) in [6.07, 6.45) is 0. The number of carbonyl (C=O) groups excluding carboxylic acids is 1. The van der Waals surface area contributed by atoms with Crippen LogP contribution in [0.15, 0.2) is 57.8 Å². The van der Waals surface area contributed by atoms with Crippen LogP contribution >= 0.6 is 15.9 Å². The summed E-state index contributed by atoms with van der Waals surface area (Å²) in [6, 6.07) is 14.8. The molecule has 0 atom stereocenters. The van der Waals surface area contributed by atoms with E-state index in [-0.39, 0.29) is 18.0 Å². The lowest BCUT2D eigenvalue weighted by Crippen LogP contribution is -2.29. The molecule has 0 spiro atoms. The minimum absolute atomic E-state index is 0.155. The molecule has 3 aromatic rings. The van der Waals surface area contributed by atoms with Crippen molar-refractivity contribution in [2.24, 2.45) is 0 Å². The molecule has 6 heteroatoms. The zero-order chi connectivity index (χ0) is 19.6. The monoisotopic (exact) mass is 425 g/mol. The van der Waals surface area contributed by atoms with Gasteiger partial charge in [-0.3, -0.25) is 9.59 Å². The summed E-state index contributed by atoms with van der Waals surface area (Å²) in [4.78, 5) is 24.5. The van der Waals surface area contributed by atoms with Crippen molar-refractivity contribution in [3.8, 4) is 11.3 Å². The highest BCUT2D eigenvalue weighted by Gasteiger charge is 2.10. The highest BCUT2D eigenvalue weighted by Crippen LogP contribution is 2.23. The van der Waals surface area contributed by atoms with Crippen LogP contribution in [0.4, 0.5) is 5.69 Å². The van der Waals surface area contributed by atoms with Gasteiger partial charge in [-0.05, 0) is 77.7 Å². The van der Waals surface area contributed by atoms with Gasteiger partial charge in [0.1, 0.15) is 6.54 Å². The molecule has 0 aliphatic rings. The zero-order valence-corrected chi connectivity index (χ0v) is 17.0. The lowest BCUT2D eigenvalue weighted by Gasteiger charge is -2.10. The number of hydrogen-bond donors (Lipinski definition) is 1. The molecule has 0 fully saturated rings. The van der Waals surface area contributed by atoms with Crippen molar-refractivity contribution in [3.05, 3.63) is 80.0 Å². The van der Waals surface area contributed by atoms with Crippen molar-refractivity contribution in [2.75, 3.05) is 5.32 Å². The van der Waals surface area contributed by atoms with Crippen LogP contribution in [0.5, 0.6) is 0 Å². The highest BCUT2D eigenvalue weighted by molar-refractivity contribution is 9.10. The lowest BCUT2D eigenvalue weighted by molar-refractivity contribution is -0.117. The standard InChI is InChI=1S/C21H20BrN3O2/c1-13-4-7-19(17(22)10-13)23-20(26)12-25-21(27)9-8-18(24-25)16-6-5-14(2)15(3)11-16/h4-11H,12H2,1-3H3,(H,23,26). The summed E-state index contributed by atoms with van der Waals surface area (Å²) in [7, 11) is 0. The summed E-state index contributed by atoms with van der Waals surface area (Å²) in [6.45, 7) is 5.89. The molecule has 27 heavy (non-hydrogen) atoms. The molecule has 0 radical (unpaired) electrons. The van der Waals surface area contributed by atoms with Crippen LogP contribution in [0, 0.1) is 20.8 Å². The van der Waals surface area contributed by atoms with E-state index in [4.69, 9.17) is 0 Å². The maximum Gasteiger partial charge on any atom is 0.267 e. The van der Waals surface area contributed by atoms with Gasteiger partial charge in [0.2, 0.25) is 5.91 Å². The Hall–Kier alpha value is -2.73. The number of carbonyl (C=O) groups is 1. The largest absolute Gasteiger partial charge is 0.323 e. The van der Waals surface area contributed by atoms with E-state index in [0.717, 1.165) is 21.2 Å². The average molecular weight is 426 g/mol. The number of halogens is 1. The SMILES string of the molecule is Cc1ccc(NC(=O)Cn2nc(-c3ccc(C)c(C)c3)ccc2=O)c(Br)c1. The normalized spacial score (nSPS) is 10.7. The summed E-state index contributed by atoms with van der Waals surface area (Å²) in [5.74, 6) is -0.314. The quantitative estimate of drug-likeness (QED) is 0.679. The molecule has 1 heterocycles. The topological polar surface area (TPSA) is 64.0 Å². The lowest BCUT2D eigenvalue weighted by atomic mass is 10.0. The maximum atomic E-state index is 12.4. The molecule has 1 N–H and O–H groups in total. The van der Waals surface area contributed by atoms with Gasteiger partial charge in [-0.2, -0.15) is 5.10 Å². The number of anilines is 1. The van der Waals surface area contributed by atoms with Gasteiger partial charge in [-0.25, -0.2) is 4.68 Å². The molecule has 0 saturated heterocycles. The van der Waals surface area contributed by atoms with Crippen LogP contribution < -0.4 is 10.9 Å².